The molecule has 1 aliphatic heterocycles. The lowest BCUT2D eigenvalue weighted by atomic mass is 9.85. The Labute approximate surface area is 91.8 Å². The van der Waals surface area contributed by atoms with E-state index in [0.717, 1.165) is 5.06 Å². The maximum absolute atomic E-state index is 12.0. The van der Waals surface area contributed by atoms with Crippen molar-refractivity contribution in [3.8, 4) is 0 Å². The Bertz CT molecular complexity index is 498. The molecule has 0 spiro atoms. The third-order valence-electron chi connectivity index (χ3n) is 3.01. The summed E-state index contributed by atoms with van der Waals surface area (Å²) in [5.74, 6) is -0.275. The Kier molecular flexibility index (Phi) is 1.83. The van der Waals surface area contributed by atoms with Gasteiger partial charge < -0.3 is 5.21 Å². The van der Waals surface area contributed by atoms with E-state index in [0.29, 0.717) is 22.3 Å². The topological polar surface area (TPSA) is 57.6 Å². The standard InChI is InChI=1S/C12H9NO3/c14-11-7-3-1-2-4-8(7)12(15)10-6-13(16)5-9(10)11/h1-4,16H,5-6H2. The molecule has 1 heterocycles. The number of carbonyl (C=O) groups excluding carboxylic acids is 2. The van der Waals surface area contributed by atoms with Gasteiger partial charge in [-0.3, -0.25) is 9.59 Å². The molecule has 80 valence electrons. The first-order valence-corrected chi connectivity index (χ1v) is 5.03. The van der Waals surface area contributed by atoms with Crippen LogP contribution in [0.25, 0.3) is 0 Å². The first-order valence-electron chi connectivity index (χ1n) is 5.03. The molecule has 0 aromatic heterocycles. The molecule has 16 heavy (non-hydrogen) atoms. The van der Waals surface area contributed by atoms with Gasteiger partial charge in [-0.2, -0.15) is 5.06 Å². The highest BCUT2D eigenvalue weighted by atomic mass is 16.5. The molecule has 0 unspecified atom stereocenters. The second-order valence-electron chi connectivity index (χ2n) is 3.98. The number of nitrogens with zero attached hydrogens (tertiary/aromatic N) is 1. The lowest BCUT2D eigenvalue weighted by Gasteiger charge is -2.14. The molecular weight excluding hydrogens is 206 g/mol. The van der Waals surface area contributed by atoms with Gasteiger partial charge in [-0.05, 0) is 0 Å². The van der Waals surface area contributed by atoms with Gasteiger partial charge in [0.15, 0.2) is 11.6 Å². The summed E-state index contributed by atoms with van der Waals surface area (Å²) in [5, 5.41) is 10.4. The molecule has 0 amide bonds. The summed E-state index contributed by atoms with van der Waals surface area (Å²) in [7, 11) is 0. The van der Waals surface area contributed by atoms with Crippen molar-refractivity contribution in [2.24, 2.45) is 0 Å². The molecule has 0 radical (unpaired) electrons. The monoisotopic (exact) mass is 215 g/mol. The summed E-state index contributed by atoms with van der Waals surface area (Å²) in [6.45, 7) is 0.294. The third kappa shape index (κ3) is 1.11. The fourth-order valence-corrected chi connectivity index (χ4v) is 2.23. The van der Waals surface area contributed by atoms with Crippen LogP contribution >= 0.6 is 0 Å². The van der Waals surface area contributed by atoms with Crippen molar-refractivity contribution in [1.82, 2.24) is 5.06 Å². The van der Waals surface area contributed by atoms with Crippen molar-refractivity contribution >= 4 is 11.6 Å². The van der Waals surface area contributed by atoms with Crippen molar-refractivity contribution in [2.75, 3.05) is 13.1 Å². The Hall–Kier alpha value is -1.78. The summed E-state index contributed by atoms with van der Waals surface area (Å²) < 4.78 is 0. The van der Waals surface area contributed by atoms with E-state index in [1.807, 2.05) is 0 Å². The van der Waals surface area contributed by atoms with Crippen LogP contribution in [0.1, 0.15) is 20.7 Å². The van der Waals surface area contributed by atoms with Crippen LogP contribution in [-0.2, 0) is 0 Å². The largest absolute Gasteiger partial charge is 0.313 e. The zero-order chi connectivity index (χ0) is 11.3. The summed E-state index contributed by atoms with van der Waals surface area (Å²) >= 11 is 0. The van der Waals surface area contributed by atoms with Gasteiger partial charge in [0.25, 0.3) is 0 Å². The highest BCUT2D eigenvalue weighted by Gasteiger charge is 2.36. The van der Waals surface area contributed by atoms with Gasteiger partial charge in [0.1, 0.15) is 0 Å². The maximum atomic E-state index is 12.0. The predicted molar refractivity (Wildman–Crippen MR) is 55.5 cm³/mol. The van der Waals surface area contributed by atoms with E-state index in [-0.39, 0.29) is 24.7 Å². The molecule has 0 atom stereocenters. The molecule has 1 N–H and O–H groups in total. The summed E-state index contributed by atoms with van der Waals surface area (Å²) in [6.07, 6.45) is 0. The van der Waals surface area contributed by atoms with Crippen molar-refractivity contribution in [1.29, 1.82) is 0 Å². The van der Waals surface area contributed by atoms with E-state index < -0.39 is 0 Å². The Morgan fingerprint density at radius 3 is 1.81 bits per heavy atom. The number of carbonyl (C=O) groups is 2. The second-order valence-corrected chi connectivity index (χ2v) is 3.98. The van der Waals surface area contributed by atoms with Crippen LogP contribution in [0.5, 0.6) is 0 Å². The number of benzene rings is 1. The fraction of sp³-hybridized carbons (Fsp3) is 0.167. The lowest BCUT2D eigenvalue weighted by Crippen LogP contribution is -2.20. The van der Waals surface area contributed by atoms with Crippen LogP contribution in [0.4, 0.5) is 0 Å². The Balaban J connectivity index is 2.20. The molecule has 0 saturated carbocycles. The van der Waals surface area contributed by atoms with E-state index >= 15 is 0 Å². The van der Waals surface area contributed by atoms with Gasteiger partial charge in [-0.25, -0.2) is 0 Å². The van der Waals surface area contributed by atoms with Gasteiger partial charge >= 0.3 is 0 Å². The molecular formula is C12H9NO3. The molecule has 1 aromatic rings. The van der Waals surface area contributed by atoms with Crippen LogP contribution in [-0.4, -0.2) is 34.9 Å². The van der Waals surface area contributed by atoms with Crippen LogP contribution in [0.3, 0.4) is 0 Å². The second kappa shape index (κ2) is 3.10. The summed E-state index contributed by atoms with van der Waals surface area (Å²) in [5.41, 5.74) is 1.76. The van der Waals surface area contributed by atoms with Gasteiger partial charge in [0.05, 0.1) is 13.1 Å². The highest BCUT2D eigenvalue weighted by Crippen LogP contribution is 2.30. The smallest absolute Gasteiger partial charge is 0.191 e. The number of ketones is 2. The minimum Gasteiger partial charge on any atom is -0.313 e. The van der Waals surface area contributed by atoms with Crippen LogP contribution in [0.15, 0.2) is 35.4 Å². The molecule has 1 aliphatic carbocycles. The predicted octanol–water partition coefficient (Wildman–Crippen LogP) is 1.07. The van der Waals surface area contributed by atoms with Crippen LogP contribution < -0.4 is 0 Å². The van der Waals surface area contributed by atoms with Crippen molar-refractivity contribution in [3.63, 3.8) is 0 Å². The van der Waals surface area contributed by atoms with Gasteiger partial charge in [0.2, 0.25) is 0 Å². The van der Waals surface area contributed by atoms with Gasteiger partial charge in [-0.15, -0.1) is 0 Å². The molecule has 2 aliphatic rings. The number of hydroxylamine groups is 2. The van der Waals surface area contributed by atoms with Crippen LogP contribution in [0, 0.1) is 0 Å². The Morgan fingerprint density at radius 2 is 1.38 bits per heavy atom. The number of fused-ring (bicyclic) bond motifs is 1. The van der Waals surface area contributed by atoms with Crippen molar-refractivity contribution in [3.05, 3.63) is 46.5 Å². The summed E-state index contributed by atoms with van der Waals surface area (Å²) in [4.78, 5) is 24.1. The SMILES string of the molecule is O=C1C2=C(CN(O)C2)C(=O)c2ccccc21. The Morgan fingerprint density at radius 1 is 0.938 bits per heavy atom. The van der Waals surface area contributed by atoms with E-state index in [9.17, 15) is 14.8 Å². The highest BCUT2D eigenvalue weighted by molar-refractivity contribution is 6.27. The normalized spacial score (nSPS) is 20.1. The zero-order valence-corrected chi connectivity index (χ0v) is 8.43. The molecule has 0 fully saturated rings. The number of Topliss-reactive ketones (excluding diaryl/α,β-unsaturated/α-hetero) is 2. The minimum atomic E-state index is -0.137. The van der Waals surface area contributed by atoms with Gasteiger partial charge in [0, 0.05) is 22.3 Å². The molecule has 1 aromatic carbocycles. The number of rotatable bonds is 0. The van der Waals surface area contributed by atoms with E-state index in [2.05, 4.69) is 0 Å². The van der Waals surface area contributed by atoms with E-state index in [1.165, 1.54) is 0 Å². The van der Waals surface area contributed by atoms with Gasteiger partial charge in [-0.1, -0.05) is 24.3 Å². The molecule has 0 saturated heterocycles. The summed E-state index contributed by atoms with van der Waals surface area (Å²) in [6, 6.07) is 6.78. The number of hydrogen-bond acceptors (Lipinski definition) is 4. The lowest BCUT2D eigenvalue weighted by molar-refractivity contribution is -0.0646. The van der Waals surface area contributed by atoms with Crippen LogP contribution in [0.2, 0.25) is 0 Å². The minimum absolute atomic E-state index is 0.137. The van der Waals surface area contributed by atoms with Crippen molar-refractivity contribution in [2.45, 2.75) is 0 Å². The average molecular weight is 215 g/mol. The third-order valence-corrected chi connectivity index (χ3v) is 3.01. The molecule has 4 nitrogen and oxygen atoms in total. The zero-order valence-electron chi connectivity index (χ0n) is 8.43. The number of hydrogen-bond donors (Lipinski definition) is 1. The van der Waals surface area contributed by atoms with Crippen molar-refractivity contribution < 1.29 is 14.8 Å². The fourth-order valence-electron chi connectivity index (χ4n) is 2.23. The maximum Gasteiger partial charge on any atom is 0.191 e. The molecule has 3 rings (SSSR count). The van der Waals surface area contributed by atoms with E-state index in [4.69, 9.17) is 0 Å². The first-order chi connectivity index (χ1) is 7.68. The average Bonchev–Trinajstić information content (AvgIpc) is 2.68. The molecule has 0 bridgehead atoms. The first kappa shape index (κ1) is 9.45. The van der Waals surface area contributed by atoms with E-state index in [1.54, 1.807) is 24.3 Å². The molecule has 4 heteroatoms. The quantitative estimate of drug-likeness (QED) is 0.703.